The minimum atomic E-state index is -0.964. The zero-order valence-electron chi connectivity index (χ0n) is 19.1. The van der Waals surface area contributed by atoms with Gasteiger partial charge in [-0.1, -0.05) is 48.5 Å². The molecule has 0 amide bonds. The lowest BCUT2D eigenvalue weighted by Crippen LogP contribution is -2.30. The Morgan fingerprint density at radius 3 is 2.62 bits per heavy atom. The maximum atomic E-state index is 12.6. The van der Waals surface area contributed by atoms with Crippen molar-refractivity contribution in [1.82, 2.24) is 19.1 Å². The van der Waals surface area contributed by atoms with Gasteiger partial charge in [0.1, 0.15) is 18.5 Å². The number of imidazole rings is 1. The van der Waals surface area contributed by atoms with Crippen molar-refractivity contribution < 1.29 is 9.84 Å². The molecule has 34 heavy (non-hydrogen) atoms. The lowest BCUT2D eigenvalue weighted by molar-refractivity contribution is 0.0935. The van der Waals surface area contributed by atoms with Crippen LogP contribution in [0.2, 0.25) is 0 Å². The highest BCUT2D eigenvalue weighted by atomic mass is 16.5. The monoisotopic (exact) mass is 462 g/mol. The van der Waals surface area contributed by atoms with Crippen LogP contribution < -0.4 is 21.4 Å². The first-order chi connectivity index (χ1) is 16.3. The third kappa shape index (κ3) is 4.76. The summed E-state index contributed by atoms with van der Waals surface area (Å²) >= 11 is 0. The summed E-state index contributed by atoms with van der Waals surface area (Å²) in [5.74, 6) is 0.880. The number of nitrogens with one attached hydrogen (secondary N) is 2. The van der Waals surface area contributed by atoms with Crippen LogP contribution in [0.15, 0.2) is 69.3 Å². The number of para-hydroxylation sites is 1. The molecule has 0 aliphatic rings. The quantitative estimate of drug-likeness (QED) is 0.272. The summed E-state index contributed by atoms with van der Waals surface area (Å²) < 4.78 is 8.50. The molecule has 4 rings (SSSR count). The number of hydrogen-bond donors (Lipinski definition) is 3. The fraction of sp³-hybridized carbons (Fsp3) is 0.250. The third-order valence-corrected chi connectivity index (χ3v) is 5.44. The number of hydrogen-bond acceptors (Lipinski definition) is 7. The molecule has 0 saturated carbocycles. The molecular formula is C24H26N6O4. The van der Waals surface area contributed by atoms with E-state index in [9.17, 15) is 14.7 Å². The first-order valence-electron chi connectivity index (χ1n) is 10.8. The third-order valence-electron chi connectivity index (χ3n) is 5.44. The van der Waals surface area contributed by atoms with Crippen LogP contribution in [0.25, 0.3) is 11.2 Å². The summed E-state index contributed by atoms with van der Waals surface area (Å²) in [5, 5.41) is 15.1. The van der Waals surface area contributed by atoms with Crippen LogP contribution in [0.4, 0.5) is 5.95 Å². The molecule has 0 aliphatic heterocycles. The number of aliphatic hydroxyl groups excluding tert-OH is 1. The smallest absolute Gasteiger partial charge is 0.329 e. The summed E-state index contributed by atoms with van der Waals surface area (Å²) in [7, 11) is 1.51. The molecule has 1 unspecified atom stereocenters. The van der Waals surface area contributed by atoms with Crippen molar-refractivity contribution in [3.05, 3.63) is 86.6 Å². The van der Waals surface area contributed by atoms with Gasteiger partial charge in [0.2, 0.25) is 5.95 Å². The second kappa shape index (κ2) is 9.75. The Balaban J connectivity index is 1.66. The largest absolute Gasteiger partial charge is 0.491 e. The highest BCUT2D eigenvalue weighted by Gasteiger charge is 2.20. The standard InChI is InChI=1S/C24H26N6O4/c1-15-9-7-8-12-19(15)34-14-18(31)13-30-20-21(29(3)24(33)26-22(20)32)25-23(30)28-27-16(2)17-10-5-4-6-11-17/h4-12,18,31H,13-14H2,1-3H3,(H,25,28)(H,26,32,33). The molecule has 0 aliphatic carbocycles. The second-order valence-corrected chi connectivity index (χ2v) is 7.94. The van der Waals surface area contributed by atoms with Gasteiger partial charge in [0.25, 0.3) is 5.56 Å². The first-order valence-corrected chi connectivity index (χ1v) is 10.8. The maximum Gasteiger partial charge on any atom is 0.329 e. The number of fused-ring (bicyclic) bond motifs is 1. The van der Waals surface area contributed by atoms with Gasteiger partial charge in [-0.05, 0) is 31.0 Å². The lowest BCUT2D eigenvalue weighted by Gasteiger charge is -2.16. The average Bonchev–Trinajstić information content (AvgIpc) is 3.19. The number of H-pyrrole nitrogens is 1. The van der Waals surface area contributed by atoms with Gasteiger partial charge in [-0.25, -0.2) is 10.2 Å². The van der Waals surface area contributed by atoms with Crippen LogP contribution in [0.5, 0.6) is 5.75 Å². The molecule has 2 heterocycles. The zero-order chi connectivity index (χ0) is 24.2. The Morgan fingerprint density at radius 1 is 1.18 bits per heavy atom. The maximum absolute atomic E-state index is 12.6. The number of anilines is 1. The highest BCUT2D eigenvalue weighted by Crippen LogP contribution is 2.19. The lowest BCUT2D eigenvalue weighted by atomic mass is 10.1. The van der Waals surface area contributed by atoms with Crippen LogP contribution in [0, 0.1) is 6.92 Å². The predicted molar refractivity (Wildman–Crippen MR) is 131 cm³/mol. The number of benzene rings is 2. The Kier molecular flexibility index (Phi) is 6.60. The molecule has 176 valence electrons. The predicted octanol–water partition coefficient (Wildman–Crippen LogP) is 2.01. The minimum Gasteiger partial charge on any atom is -0.491 e. The summed E-state index contributed by atoms with van der Waals surface area (Å²) in [6, 6.07) is 17.1. The zero-order valence-corrected chi connectivity index (χ0v) is 19.1. The normalized spacial score (nSPS) is 12.6. The van der Waals surface area contributed by atoms with Crippen LogP contribution >= 0.6 is 0 Å². The highest BCUT2D eigenvalue weighted by molar-refractivity contribution is 5.99. The van der Waals surface area contributed by atoms with Crippen LogP contribution in [0.1, 0.15) is 18.1 Å². The molecule has 0 radical (unpaired) electrons. The van der Waals surface area contributed by atoms with Crippen molar-refractivity contribution in [2.24, 2.45) is 12.1 Å². The number of aliphatic hydroxyl groups is 1. The molecule has 2 aromatic heterocycles. The van der Waals surface area contributed by atoms with E-state index in [1.165, 1.54) is 16.2 Å². The van der Waals surface area contributed by atoms with Crippen molar-refractivity contribution >= 4 is 22.8 Å². The minimum absolute atomic E-state index is 0.0000530. The van der Waals surface area contributed by atoms with E-state index in [4.69, 9.17) is 4.74 Å². The van der Waals surface area contributed by atoms with E-state index < -0.39 is 17.4 Å². The molecule has 0 fully saturated rings. The number of ether oxygens (including phenoxy) is 1. The summed E-state index contributed by atoms with van der Waals surface area (Å²) in [6.45, 7) is 3.74. The summed E-state index contributed by atoms with van der Waals surface area (Å²) in [6.07, 6.45) is -0.964. The number of nitrogens with zero attached hydrogens (tertiary/aromatic N) is 4. The molecule has 3 N–H and O–H groups in total. The first kappa shape index (κ1) is 23.0. The van der Waals surface area contributed by atoms with E-state index in [1.54, 1.807) is 0 Å². The summed E-state index contributed by atoms with van der Waals surface area (Å²) in [4.78, 5) is 31.4. The fourth-order valence-corrected chi connectivity index (χ4v) is 3.54. The molecule has 0 spiro atoms. The number of aromatic amines is 1. The fourth-order valence-electron chi connectivity index (χ4n) is 3.54. The van der Waals surface area contributed by atoms with Crippen molar-refractivity contribution in [3.8, 4) is 5.75 Å². The number of rotatable bonds is 8. The van der Waals surface area contributed by atoms with E-state index in [1.807, 2.05) is 68.4 Å². The van der Waals surface area contributed by atoms with Gasteiger partial charge in [-0.2, -0.15) is 10.1 Å². The molecule has 1 atom stereocenters. The van der Waals surface area contributed by atoms with E-state index in [0.29, 0.717) is 11.5 Å². The van der Waals surface area contributed by atoms with Gasteiger partial charge in [-0.3, -0.25) is 14.3 Å². The van der Waals surface area contributed by atoms with Crippen LogP contribution in [-0.4, -0.2) is 42.6 Å². The Bertz CT molecular complexity index is 1450. The van der Waals surface area contributed by atoms with Gasteiger partial charge in [0, 0.05) is 7.05 Å². The number of aromatic nitrogens is 4. The molecule has 10 heteroatoms. The van der Waals surface area contributed by atoms with Crippen LogP contribution in [0.3, 0.4) is 0 Å². The summed E-state index contributed by atoms with van der Waals surface area (Å²) in [5.41, 5.74) is 4.58. The van der Waals surface area contributed by atoms with Gasteiger partial charge in [0.05, 0.1) is 12.3 Å². The molecular weight excluding hydrogens is 436 g/mol. The van der Waals surface area contributed by atoms with E-state index in [0.717, 1.165) is 11.1 Å². The Hall–Kier alpha value is -4.18. The van der Waals surface area contributed by atoms with Crippen molar-refractivity contribution in [2.75, 3.05) is 12.0 Å². The number of hydrazone groups is 1. The molecule has 0 saturated heterocycles. The average molecular weight is 463 g/mol. The topological polar surface area (TPSA) is 127 Å². The van der Waals surface area contributed by atoms with Crippen molar-refractivity contribution in [2.45, 2.75) is 26.5 Å². The van der Waals surface area contributed by atoms with E-state index in [2.05, 4.69) is 20.5 Å². The van der Waals surface area contributed by atoms with E-state index in [-0.39, 0.29) is 30.3 Å². The molecule has 4 aromatic rings. The van der Waals surface area contributed by atoms with Crippen molar-refractivity contribution in [3.63, 3.8) is 0 Å². The SMILES string of the molecule is CC(=NNc1nc2c(c(=O)[nH]c(=O)n2C)n1CC(O)COc1ccccc1C)c1ccccc1. The van der Waals surface area contributed by atoms with Gasteiger partial charge in [-0.15, -0.1) is 0 Å². The second-order valence-electron chi connectivity index (χ2n) is 7.94. The molecule has 0 bridgehead atoms. The van der Waals surface area contributed by atoms with Gasteiger partial charge < -0.3 is 14.4 Å². The Morgan fingerprint density at radius 2 is 1.88 bits per heavy atom. The molecule has 2 aromatic carbocycles. The van der Waals surface area contributed by atoms with Gasteiger partial charge in [0.15, 0.2) is 11.2 Å². The van der Waals surface area contributed by atoms with Gasteiger partial charge >= 0.3 is 5.69 Å². The van der Waals surface area contributed by atoms with Crippen molar-refractivity contribution in [1.29, 1.82) is 0 Å². The number of aryl methyl sites for hydroxylation is 2. The van der Waals surface area contributed by atoms with Crippen LogP contribution in [-0.2, 0) is 13.6 Å². The molecule has 10 nitrogen and oxygen atoms in total. The van der Waals surface area contributed by atoms with E-state index >= 15 is 0 Å². The Labute approximate surface area is 195 Å².